The maximum absolute atomic E-state index is 12.2. The van der Waals surface area contributed by atoms with E-state index in [2.05, 4.69) is 10.3 Å². The topological polar surface area (TPSA) is 62.3 Å². The maximum Gasteiger partial charge on any atom is 0.255 e. The average Bonchev–Trinajstić information content (AvgIpc) is 2.55. The molecule has 5 nitrogen and oxygen atoms in total. The highest BCUT2D eigenvalue weighted by molar-refractivity contribution is 6.29. The van der Waals surface area contributed by atoms with Crippen molar-refractivity contribution in [2.75, 3.05) is 18.9 Å². The summed E-state index contributed by atoms with van der Waals surface area (Å²) in [5, 5.41) is 3.16. The molecule has 2 aromatic rings. The lowest BCUT2D eigenvalue weighted by Gasteiger charge is -2.17. The van der Waals surface area contributed by atoms with Crippen molar-refractivity contribution in [2.45, 2.75) is 13.3 Å². The summed E-state index contributed by atoms with van der Waals surface area (Å²) in [5.41, 5.74) is 2.21. The van der Waals surface area contributed by atoms with E-state index in [1.54, 1.807) is 19.2 Å². The zero-order chi connectivity index (χ0) is 16.8. The van der Waals surface area contributed by atoms with Crippen molar-refractivity contribution in [3.05, 3.63) is 58.9 Å². The van der Waals surface area contributed by atoms with Crippen LogP contribution in [0.5, 0.6) is 0 Å². The number of benzene rings is 1. The van der Waals surface area contributed by atoms with Crippen molar-refractivity contribution in [3.63, 3.8) is 0 Å². The number of aryl methyl sites for hydroxylation is 1. The lowest BCUT2D eigenvalue weighted by atomic mass is 10.1. The van der Waals surface area contributed by atoms with Crippen LogP contribution in [0, 0.1) is 0 Å². The Hall–Kier alpha value is -2.40. The zero-order valence-corrected chi connectivity index (χ0v) is 13.8. The number of halogens is 1. The second-order valence-electron chi connectivity index (χ2n) is 5.09. The summed E-state index contributed by atoms with van der Waals surface area (Å²) in [6, 6.07) is 10.7. The van der Waals surface area contributed by atoms with Gasteiger partial charge in [-0.2, -0.15) is 0 Å². The van der Waals surface area contributed by atoms with Crippen LogP contribution in [0.2, 0.25) is 5.15 Å². The highest BCUT2D eigenvalue weighted by Gasteiger charge is 2.16. The first kappa shape index (κ1) is 17.0. The lowest BCUT2D eigenvalue weighted by Crippen LogP contribution is -2.35. The van der Waals surface area contributed by atoms with Gasteiger partial charge in [-0.05, 0) is 30.2 Å². The molecule has 0 unspecified atom stereocenters. The highest BCUT2D eigenvalue weighted by Crippen LogP contribution is 2.15. The molecule has 2 amide bonds. The second kappa shape index (κ2) is 7.74. The summed E-state index contributed by atoms with van der Waals surface area (Å²) in [7, 11) is 1.57. The van der Waals surface area contributed by atoms with Crippen LogP contribution in [0.4, 0.5) is 5.69 Å². The highest BCUT2D eigenvalue weighted by atomic mass is 35.5. The Morgan fingerprint density at radius 3 is 2.61 bits per heavy atom. The molecule has 120 valence electrons. The molecule has 1 aromatic carbocycles. The first-order chi connectivity index (χ1) is 11.0. The molecule has 0 saturated carbocycles. The molecule has 1 N–H and O–H groups in total. The van der Waals surface area contributed by atoms with E-state index in [9.17, 15) is 9.59 Å². The molecule has 0 aliphatic heterocycles. The number of nitrogens with zero attached hydrogens (tertiary/aromatic N) is 2. The van der Waals surface area contributed by atoms with Gasteiger partial charge in [-0.25, -0.2) is 4.98 Å². The minimum Gasteiger partial charge on any atom is -0.332 e. The summed E-state index contributed by atoms with van der Waals surface area (Å²) in [6.45, 7) is 1.98. The number of nitrogens with one attached hydrogen (secondary N) is 1. The van der Waals surface area contributed by atoms with E-state index in [0.717, 1.165) is 17.7 Å². The number of hydrogen-bond donors (Lipinski definition) is 1. The SMILES string of the molecule is CCc1ccccc1NC(=O)CN(C)C(=O)c1ccc(Cl)nc1. The number of anilines is 1. The van der Waals surface area contributed by atoms with E-state index in [-0.39, 0.29) is 18.4 Å². The van der Waals surface area contributed by atoms with Gasteiger partial charge in [0.15, 0.2) is 0 Å². The minimum atomic E-state index is -0.284. The van der Waals surface area contributed by atoms with Crippen molar-refractivity contribution in [1.82, 2.24) is 9.88 Å². The van der Waals surface area contributed by atoms with Crippen LogP contribution >= 0.6 is 11.6 Å². The number of rotatable bonds is 5. The minimum absolute atomic E-state index is 0.0422. The van der Waals surface area contributed by atoms with Crippen LogP contribution in [-0.2, 0) is 11.2 Å². The van der Waals surface area contributed by atoms with Crippen molar-refractivity contribution in [2.24, 2.45) is 0 Å². The number of carbonyl (C=O) groups is 2. The Kier molecular flexibility index (Phi) is 5.71. The first-order valence-corrected chi connectivity index (χ1v) is 7.63. The van der Waals surface area contributed by atoms with Crippen LogP contribution in [0.15, 0.2) is 42.6 Å². The molecule has 1 aromatic heterocycles. The van der Waals surface area contributed by atoms with Gasteiger partial charge < -0.3 is 10.2 Å². The van der Waals surface area contributed by atoms with Crippen LogP contribution < -0.4 is 5.32 Å². The van der Waals surface area contributed by atoms with Crippen LogP contribution in [-0.4, -0.2) is 35.3 Å². The molecule has 2 rings (SSSR count). The predicted octanol–water partition coefficient (Wildman–Crippen LogP) is 3.01. The monoisotopic (exact) mass is 331 g/mol. The van der Waals surface area contributed by atoms with E-state index in [1.165, 1.54) is 11.1 Å². The number of aromatic nitrogens is 1. The third kappa shape index (κ3) is 4.53. The fourth-order valence-corrected chi connectivity index (χ4v) is 2.26. The fourth-order valence-electron chi connectivity index (χ4n) is 2.15. The molecule has 1 heterocycles. The Morgan fingerprint density at radius 2 is 1.96 bits per heavy atom. The number of para-hydroxylation sites is 1. The molecule has 0 aliphatic rings. The van der Waals surface area contributed by atoms with Crippen LogP contribution in [0.3, 0.4) is 0 Å². The molecule has 0 spiro atoms. The Labute approximate surface area is 140 Å². The molecule has 6 heteroatoms. The molecular formula is C17H18ClN3O2. The second-order valence-corrected chi connectivity index (χ2v) is 5.48. The van der Waals surface area contributed by atoms with E-state index in [1.807, 2.05) is 31.2 Å². The van der Waals surface area contributed by atoms with Crippen molar-refractivity contribution < 1.29 is 9.59 Å². The molecular weight excluding hydrogens is 314 g/mol. The van der Waals surface area contributed by atoms with Gasteiger partial charge in [0.1, 0.15) is 5.15 Å². The van der Waals surface area contributed by atoms with E-state index in [4.69, 9.17) is 11.6 Å². The van der Waals surface area contributed by atoms with E-state index >= 15 is 0 Å². The van der Waals surface area contributed by atoms with Gasteiger partial charge in [0, 0.05) is 18.9 Å². The zero-order valence-electron chi connectivity index (χ0n) is 13.0. The molecule has 0 fully saturated rings. The van der Waals surface area contributed by atoms with Gasteiger partial charge >= 0.3 is 0 Å². The van der Waals surface area contributed by atoms with Gasteiger partial charge in [-0.3, -0.25) is 9.59 Å². The number of hydrogen-bond acceptors (Lipinski definition) is 3. The standard InChI is InChI=1S/C17H18ClN3O2/c1-3-12-6-4-5-7-14(12)20-16(22)11-21(2)17(23)13-8-9-15(18)19-10-13/h4-10H,3,11H2,1-2H3,(H,20,22). The predicted molar refractivity (Wildman–Crippen MR) is 90.7 cm³/mol. The van der Waals surface area contributed by atoms with Gasteiger partial charge in [-0.15, -0.1) is 0 Å². The van der Waals surface area contributed by atoms with Crippen molar-refractivity contribution >= 4 is 29.1 Å². The van der Waals surface area contributed by atoms with E-state index < -0.39 is 0 Å². The lowest BCUT2D eigenvalue weighted by molar-refractivity contribution is -0.116. The van der Waals surface area contributed by atoms with Gasteiger partial charge in [-0.1, -0.05) is 36.7 Å². The van der Waals surface area contributed by atoms with Crippen LogP contribution in [0.1, 0.15) is 22.8 Å². The molecule has 0 saturated heterocycles. The van der Waals surface area contributed by atoms with Crippen molar-refractivity contribution in [3.8, 4) is 0 Å². The number of pyridine rings is 1. The largest absolute Gasteiger partial charge is 0.332 e. The van der Waals surface area contributed by atoms with E-state index in [0.29, 0.717) is 10.7 Å². The van der Waals surface area contributed by atoms with Crippen LogP contribution in [0.25, 0.3) is 0 Å². The normalized spacial score (nSPS) is 10.2. The van der Waals surface area contributed by atoms with Gasteiger partial charge in [0.2, 0.25) is 5.91 Å². The number of amides is 2. The summed E-state index contributed by atoms with van der Waals surface area (Å²) in [6.07, 6.45) is 2.22. The molecule has 0 atom stereocenters. The first-order valence-electron chi connectivity index (χ1n) is 7.26. The Morgan fingerprint density at radius 1 is 1.22 bits per heavy atom. The molecule has 0 aliphatic carbocycles. The fraction of sp³-hybridized carbons (Fsp3) is 0.235. The summed E-state index contributed by atoms with van der Waals surface area (Å²) in [4.78, 5) is 29.6. The molecule has 23 heavy (non-hydrogen) atoms. The van der Waals surface area contributed by atoms with Gasteiger partial charge in [0.25, 0.3) is 5.91 Å². The third-order valence-corrected chi connectivity index (χ3v) is 3.60. The number of carbonyl (C=O) groups excluding carboxylic acids is 2. The molecule has 0 radical (unpaired) electrons. The Bertz CT molecular complexity index is 701. The van der Waals surface area contributed by atoms with Crippen molar-refractivity contribution in [1.29, 1.82) is 0 Å². The summed E-state index contributed by atoms with van der Waals surface area (Å²) >= 11 is 5.70. The number of likely N-dealkylation sites (N-methyl/N-ethyl adjacent to an activating group) is 1. The maximum atomic E-state index is 12.2. The molecule has 0 bridgehead atoms. The Balaban J connectivity index is 1.99. The van der Waals surface area contributed by atoms with Gasteiger partial charge in [0.05, 0.1) is 12.1 Å². The third-order valence-electron chi connectivity index (χ3n) is 3.37. The quantitative estimate of drug-likeness (QED) is 0.857. The summed E-state index contributed by atoms with van der Waals surface area (Å²) in [5.74, 6) is -0.531. The average molecular weight is 332 g/mol. The smallest absolute Gasteiger partial charge is 0.255 e. The summed E-state index contributed by atoms with van der Waals surface area (Å²) < 4.78 is 0.